The van der Waals surface area contributed by atoms with Crippen LogP contribution >= 0.6 is 11.8 Å². The van der Waals surface area contributed by atoms with Crippen molar-refractivity contribution in [1.29, 1.82) is 0 Å². The molecule has 1 saturated carbocycles. The van der Waals surface area contributed by atoms with Crippen LogP contribution in [0.4, 0.5) is 46.5 Å². The van der Waals surface area contributed by atoms with Gasteiger partial charge in [0.15, 0.2) is 0 Å². The Morgan fingerprint density at radius 1 is 1.13 bits per heavy atom. The predicted molar refractivity (Wildman–Crippen MR) is 124 cm³/mol. The smallest absolute Gasteiger partial charge is 0.420 e. The number of carboxylic acids is 1. The molecule has 208 valence electrons. The van der Waals surface area contributed by atoms with E-state index >= 15 is 8.78 Å². The molecule has 0 radical (unpaired) electrons. The minimum absolute atomic E-state index is 0.0736. The van der Waals surface area contributed by atoms with E-state index in [-0.39, 0.29) is 40.9 Å². The van der Waals surface area contributed by atoms with Gasteiger partial charge in [-0.05, 0) is 74.3 Å². The minimum atomic E-state index is -5.00. The quantitative estimate of drug-likeness (QED) is 0.327. The summed E-state index contributed by atoms with van der Waals surface area (Å²) in [5.41, 5.74) is -2.86. The van der Waals surface area contributed by atoms with Gasteiger partial charge in [-0.2, -0.15) is 22.0 Å². The van der Waals surface area contributed by atoms with Crippen molar-refractivity contribution in [3.8, 4) is 5.75 Å². The van der Waals surface area contributed by atoms with E-state index in [1.54, 1.807) is 0 Å². The number of alkyl halides is 7. The van der Waals surface area contributed by atoms with Gasteiger partial charge in [-0.25, -0.2) is 13.2 Å². The average Bonchev–Trinajstić information content (AvgIpc) is 3.59. The molecule has 1 N–H and O–H groups in total. The summed E-state index contributed by atoms with van der Waals surface area (Å²) in [6, 6.07) is 5.80. The van der Waals surface area contributed by atoms with Crippen LogP contribution in [0.3, 0.4) is 0 Å². The lowest BCUT2D eigenvalue weighted by Crippen LogP contribution is -2.34. The van der Waals surface area contributed by atoms with Crippen molar-refractivity contribution >= 4 is 29.1 Å². The first-order chi connectivity index (χ1) is 17.5. The largest absolute Gasteiger partial charge is 0.492 e. The average molecular weight is 570 g/mol. The number of fused-ring (bicyclic) bond motifs is 1. The number of anilines is 2. The third kappa shape index (κ3) is 6.13. The van der Waals surface area contributed by atoms with Crippen molar-refractivity contribution in [2.45, 2.75) is 54.9 Å². The van der Waals surface area contributed by atoms with Crippen LogP contribution < -0.4 is 9.64 Å². The van der Waals surface area contributed by atoms with Gasteiger partial charge in [-0.1, -0.05) is 0 Å². The van der Waals surface area contributed by atoms with Crippen LogP contribution in [0.2, 0.25) is 0 Å². The number of rotatable bonds is 8. The fraction of sp³-hybridized carbons (Fsp3) is 0.480. The van der Waals surface area contributed by atoms with Crippen LogP contribution in [-0.4, -0.2) is 35.4 Å². The lowest BCUT2D eigenvalue weighted by atomic mass is 9.99. The van der Waals surface area contributed by atoms with Crippen LogP contribution in [0.1, 0.15) is 38.2 Å². The molecule has 1 fully saturated rings. The molecule has 4 rings (SSSR count). The first-order valence-corrected chi connectivity index (χ1v) is 12.4. The second-order valence-corrected chi connectivity index (χ2v) is 10.9. The number of carboxylic acid groups (broad SMARTS) is 1. The number of benzene rings is 2. The Morgan fingerprint density at radius 2 is 1.76 bits per heavy atom. The lowest BCUT2D eigenvalue weighted by molar-refractivity contribution is -0.144. The van der Waals surface area contributed by atoms with Crippen LogP contribution in [0.25, 0.3) is 0 Å². The van der Waals surface area contributed by atoms with Crippen LogP contribution in [0.5, 0.6) is 5.75 Å². The third-order valence-corrected chi connectivity index (χ3v) is 7.82. The van der Waals surface area contributed by atoms with Gasteiger partial charge >= 0.3 is 17.4 Å². The Morgan fingerprint density at radius 3 is 2.29 bits per heavy atom. The molecular formula is C25H23F8NO3S. The zero-order chi connectivity index (χ0) is 28.1. The summed E-state index contributed by atoms with van der Waals surface area (Å²) >= 11 is -0.0736. The number of thioether (sulfide) groups is 1. The Kier molecular flexibility index (Phi) is 7.30. The Balaban J connectivity index is 1.81. The van der Waals surface area contributed by atoms with Gasteiger partial charge in [0.25, 0.3) is 0 Å². The van der Waals surface area contributed by atoms with Gasteiger partial charge in [0.05, 0.1) is 17.2 Å². The molecule has 1 heterocycles. The highest BCUT2D eigenvalue weighted by Gasteiger charge is 2.52. The van der Waals surface area contributed by atoms with Crippen LogP contribution in [0.15, 0.2) is 41.3 Å². The molecule has 1 unspecified atom stereocenters. The van der Waals surface area contributed by atoms with E-state index in [0.717, 1.165) is 23.1 Å². The first kappa shape index (κ1) is 28.3. The van der Waals surface area contributed by atoms with Crippen LogP contribution in [-0.2, 0) is 11.0 Å². The minimum Gasteiger partial charge on any atom is -0.492 e. The molecule has 1 aliphatic carbocycles. The highest BCUT2D eigenvalue weighted by molar-refractivity contribution is 8.00. The Hall–Kier alpha value is -2.70. The molecule has 0 bridgehead atoms. The fourth-order valence-electron chi connectivity index (χ4n) is 4.18. The Labute approximate surface area is 216 Å². The lowest BCUT2D eigenvalue weighted by Gasteiger charge is -2.30. The number of halogens is 8. The summed E-state index contributed by atoms with van der Waals surface area (Å²) in [4.78, 5) is 12.2. The maximum atomic E-state index is 15.4. The van der Waals surface area contributed by atoms with Gasteiger partial charge in [-0.3, -0.25) is 4.79 Å². The third-order valence-electron chi connectivity index (χ3n) is 6.66. The molecule has 4 nitrogen and oxygen atoms in total. The first-order valence-electron chi connectivity index (χ1n) is 11.6. The SMILES string of the molecule is CC(F)(F)CCC1CN(c2ccc(F)cc2)c2cc(C(F)(F)F)c(OCC3(C(=O)O)CC3)cc2SC1(F)F. The van der Waals surface area contributed by atoms with E-state index in [1.165, 1.54) is 12.1 Å². The van der Waals surface area contributed by atoms with Gasteiger partial charge in [0, 0.05) is 23.5 Å². The van der Waals surface area contributed by atoms with Crippen molar-refractivity contribution in [3.05, 3.63) is 47.8 Å². The number of ether oxygens (including phenoxy) is 1. The normalized spacial score (nSPS) is 20.4. The van der Waals surface area contributed by atoms with E-state index in [9.17, 15) is 36.2 Å². The second kappa shape index (κ2) is 9.80. The molecule has 2 aromatic rings. The van der Waals surface area contributed by atoms with E-state index < -0.39 is 77.8 Å². The zero-order valence-electron chi connectivity index (χ0n) is 19.9. The van der Waals surface area contributed by atoms with Gasteiger partial charge < -0.3 is 14.7 Å². The zero-order valence-corrected chi connectivity index (χ0v) is 20.7. The summed E-state index contributed by atoms with van der Waals surface area (Å²) in [5.74, 6) is -7.66. The highest BCUT2D eigenvalue weighted by Crippen LogP contribution is 2.55. The summed E-state index contributed by atoms with van der Waals surface area (Å²) in [7, 11) is 0. The molecule has 1 atom stereocenters. The summed E-state index contributed by atoms with van der Waals surface area (Å²) in [6.45, 7) is -0.611. The van der Waals surface area contributed by atoms with Crippen molar-refractivity contribution in [2.75, 3.05) is 18.1 Å². The van der Waals surface area contributed by atoms with Crippen LogP contribution in [0, 0.1) is 17.2 Å². The van der Waals surface area contributed by atoms with Gasteiger partial charge in [0.1, 0.15) is 23.6 Å². The topological polar surface area (TPSA) is 49.8 Å². The molecular weight excluding hydrogens is 546 g/mol. The molecule has 0 amide bonds. The second-order valence-electron chi connectivity index (χ2n) is 9.74. The van der Waals surface area contributed by atoms with E-state index in [4.69, 9.17) is 4.74 Å². The number of hydrogen-bond donors (Lipinski definition) is 1. The van der Waals surface area contributed by atoms with E-state index in [1.807, 2.05) is 0 Å². The number of aliphatic carboxylic acids is 1. The van der Waals surface area contributed by atoms with E-state index in [0.29, 0.717) is 13.0 Å². The molecule has 0 spiro atoms. The molecule has 2 aliphatic rings. The molecule has 2 aromatic carbocycles. The molecule has 13 heteroatoms. The summed E-state index contributed by atoms with van der Waals surface area (Å²) in [5, 5.41) is 5.67. The molecule has 1 aliphatic heterocycles. The molecule has 0 saturated heterocycles. The van der Waals surface area contributed by atoms with Crippen molar-refractivity contribution in [1.82, 2.24) is 0 Å². The van der Waals surface area contributed by atoms with Crippen molar-refractivity contribution < 1.29 is 49.8 Å². The molecule has 38 heavy (non-hydrogen) atoms. The van der Waals surface area contributed by atoms with Gasteiger partial charge in [-0.15, -0.1) is 0 Å². The number of nitrogens with zero attached hydrogens (tertiary/aromatic N) is 1. The molecule has 0 aromatic heterocycles. The van der Waals surface area contributed by atoms with Crippen molar-refractivity contribution in [3.63, 3.8) is 0 Å². The monoisotopic (exact) mass is 569 g/mol. The highest BCUT2D eigenvalue weighted by atomic mass is 32.2. The number of carbonyl (C=O) groups is 1. The van der Waals surface area contributed by atoms with Crippen molar-refractivity contribution in [2.24, 2.45) is 11.3 Å². The maximum Gasteiger partial charge on any atom is 0.420 e. The maximum absolute atomic E-state index is 15.4. The number of hydrogen-bond acceptors (Lipinski definition) is 4. The summed E-state index contributed by atoms with van der Waals surface area (Å²) < 4.78 is 119. The van der Waals surface area contributed by atoms with E-state index in [2.05, 4.69) is 0 Å². The fourth-order valence-corrected chi connectivity index (χ4v) is 5.27. The van der Waals surface area contributed by atoms with Gasteiger partial charge in [0.2, 0.25) is 5.92 Å². The Bertz CT molecular complexity index is 1190. The predicted octanol–water partition coefficient (Wildman–Crippen LogP) is 7.98. The standard InChI is InChI=1S/C25H23F8NO3S/c1-22(27,28)7-6-14-12-34(16-4-2-15(26)3-5-16)18-10-17(24(29,30)31)19(11-20(18)38-25(14,32)33)37-13-23(8-9-23)21(35)36/h2-5,10-11,14H,6-9,12-13H2,1H3,(H,35,36). The summed E-state index contributed by atoms with van der Waals surface area (Å²) in [6.07, 6.45) is -6.11.